The predicted molar refractivity (Wildman–Crippen MR) is 115 cm³/mol. The third-order valence-corrected chi connectivity index (χ3v) is 4.96. The van der Waals surface area contributed by atoms with Gasteiger partial charge in [-0.3, -0.25) is 19.2 Å². The van der Waals surface area contributed by atoms with Crippen molar-refractivity contribution < 1.29 is 34.2 Å². The lowest BCUT2D eigenvalue weighted by molar-refractivity contribution is -0.142. The van der Waals surface area contributed by atoms with Crippen molar-refractivity contribution in [1.82, 2.24) is 25.9 Å². The van der Waals surface area contributed by atoms with Crippen LogP contribution < -0.4 is 21.7 Å². The second-order valence-corrected chi connectivity index (χ2v) is 7.94. The number of hydrogen-bond acceptors (Lipinski definition) is 8. The number of carbonyl (C=O) groups excluding carboxylic acids is 3. The highest BCUT2D eigenvalue weighted by Crippen LogP contribution is 2.04. The minimum absolute atomic E-state index is 0.00830. The number of aromatic nitrogens is 2. The summed E-state index contributed by atoms with van der Waals surface area (Å²) in [5.74, 6) is -4.26. The number of nitrogens with two attached hydrogens (primary N) is 1. The van der Waals surface area contributed by atoms with Crippen molar-refractivity contribution in [3.63, 3.8) is 0 Å². The zero-order valence-electron chi connectivity index (χ0n) is 17.7. The molecule has 178 valence electrons. The Morgan fingerprint density at radius 1 is 1.09 bits per heavy atom. The van der Waals surface area contributed by atoms with Gasteiger partial charge in [-0.2, -0.15) is 11.8 Å². The van der Waals surface area contributed by atoms with Crippen LogP contribution in [0, 0.1) is 0 Å². The molecule has 0 aliphatic carbocycles. The second-order valence-electron chi connectivity index (χ2n) is 6.96. The van der Waals surface area contributed by atoms with E-state index < -0.39 is 60.2 Å². The van der Waals surface area contributed by atoms with Gasteiger partial charge in [0.1, 0.15) is 18.1 Å². The lowest BCUT2D eigenvalue weighted by atomic mass is 10.1. The summed E-state index contributed by atoms with van der Waals surface area (Å²) in [4.78, 5) is 66.0. The van der Waals surface area contributed by atoms with Crippen molar-refractivity contribution in [2.24, 2.45) is 5.73 Å². The Kier molecular flexibility index (Phi) is 11.2. The quantitative estimate of drug-likeness (QED) is 0.159. The monoisotopic (exact) mass is 472 g/mol. The fraction of sp³-hybridized carbons (Fsp3) is 0.556. The normalized spacial score (nSPS) is 14.5. The van der Waals surface area contributed by atoms with Crippen molar-refractivity contribution >= 4 is 41.4 Å². The van der Waals surface area contributed by atoms with Crippen LogP contribution in [0.1, 0.15) is 25.5 Å². The van der Waals surface area contributed by atoms with Crippen LogP contribution in [-0.2, 0) is 30.4 Å². The van der Waals surface area contributed by atoms with E-state index >= 15 is 0 Å². The van der Waals surface area contributed by atoms with Gasteiger partial charge in [0.25, 0.3) is 0 Å². The molecule has 0 fully saturated rings. The van der Waals surface area contributed by atoms with Crippen LogP contribution >= 0.6 is 11.8 Å². The molecule has 0 bridgehead atoms. The minimum Gasteiger partial charge on any atom is -0.481 e. The molecule has 0 saturated heterocycles. The van der Waals surface area contributed by atoms with Crippen molar-refractivity contribution in [2.45, 2.75) is 50.4 Å². The number of aliphatic carboxylic acids is 2. The van der Waals surface area contributed by atoms with Gasteiger partial charge in [0.2, 0.25) is 17.7 Å². The lowest BCUT2D eigenvalue weighted by Gasteiger charge is -2.23. The van der Waals surface area contributed by atoms with Crippen LogP contribution in [0.3, 0.4) is 0 Å². The number of carboxylic acid groups (broad SMARTS) is 2. The number of H-pyrrole nitrogens is 1. The van der Waals surface area contributed by atoms with Gasteiger partial charge in [-0.05, 0) is 25.4 Å². The summed E-state index contributed by atoms with van der Waals surface area (Å²) in [5.41, 5.74) is 5.99. The Labute approximate surface area is 188 Å². The Morgan fingerprint density at radius 3 is 2.28 bits per heavy atom. The molecule has 0 aliphatic rings. The van der Waals surface area contributed by atoms with Crippen LogP contribution in [0.4, 0.5) is 0 Å². The number of thioether (sulfide) groups is 1. The van der Waals surface area contributed by atoms with Crippen molar-refractivity contribution in [2.75, 3.05) is 12.0 Å². The summed E-state index contributed by atoms with van der Waals surface area (Å²) >= 11 is 1.43. The van der Waals surface area contributed by atoms with E-state index in [-0.39, 0.29) is 12.8 Å². The van der Waals surface area contributed by atoms with Crippen molar-refractivity contribution in [3.8, 4) is 0 Å². The number of carbonyl (C=O) groups is 5. The molecule has 3 amide bonds. The molecule has 0 aromatic carbocycles. The summed E-state index contributed by atoms with van der Waals surface area (Å²) in [6.07, 6.45) is 4.21. The number of rotatable bonds is 14. The van der Waals surface area contributed by atoms with E-state index in [0.29, 0.717) is 11.4 Å². The summed E-state index contributed by atoms with van der Waals surface area (Å²) in [5, 5.41) is 25.2. The van der Waals surface area contributed by atoms with E-state index in [1.807, 2.05) is 0 Å². The molecule has 8 N–H and O–H groups in total. The van der Waals surface area contributed by atoms with Crippen LogP contribution in [0.2, 0.25) is 0 Å². The van der Waals surface area contributed by atoms with Gasteiger partial charge in [0, 0.05) is 18.3 Å². The molecule has 4 atom stereocenters. The van der Waals surface area contributed by atoms with Gasteiger partial charge in [0.15, 0.2) is 0 Å². The maximum absolute atomic E-state index is 12.8. The Balaban J connectivity index is 2.85. The highest BCUT2D eigenvalue weighted by Gasteiger charge is 2.29. The smallest absolute Gasteiger partial charge is 0.326 e. The largest absolute Gasteiger partial charge is 0.481 e. The lowest BCUT2D eigenvalue weighted by Crippen LogP contribution is -2.57. The van der Waals surface area contributed by atoms with E-state index in [1.165, 1.54) is 31.2 Å². The molecular formula is C18H28N6O7S. The Bertz CT molecular complexity index is 804. The average Bonchev–Trinajstić information content (AvgIpc) is 3.22. The van der Waals surface area contributed by atoms with E-state index in [0.717, 1.165) is 0 Å². The van der Waals surface area contributed by atoms with Crippen molar-refractivity contribution in [3.05, 3.63) is 18.2 Å². The highest BCUT2D eigenvalue weighted by atomic mass is 32.2. The third-order valence-electron chi connectivity index (χ3n) is 4.32. The number of nitrogens with zero attached hydrogens (tertiary/aromatic N) is 1. The first kappa shape index (κ1) is 26.9. The van der Waals surface area contributed by atoms with Gasteiger partial charge in [-0.1, -0.05) is 0 Å². The van der Waals surface area contributed by atoms with Gasteiger partial charge in [-0.15, -0.1) is 0 Å². The van der Waals surface area contributed by atoms with Crippen LogP contribution in [0.25, 0.3) is 0 Å². The predicted octanol–water partition coefficient (Wildman–Crippen LogP) is -1.93. The van der Waals surface area contributed by atoms with Crippen LogP contribution in [0.15, 0.2) is 12.5 Å². The maximum Gasteiger partial charge on any atom is 0.326 e. The molecule has 0 aliphatic heterocycles. The topological polar surface area (TPSA) is 217 Å². The molecule has 14 heteroatoms. The van der Waals surface area contributed by atoms with Gasteiger partial charge in [-0.25, -0.2) is 9.78 Å². The Morgan fingerprint density at radius 2 is 1.75 bits per heavy atom. The van der Waals surface area contributed by atoms with Crippen molar-refractivity contribution in [1.29, 1.82) is 0 Å². The third kappa shape index (κ3) is 9.34. The first-order valence-electron chi connectivity index (χ1n) is 9.62. The van der Waals surface area contributed by atoms with Crippen LogP contribution in [0.5, 0.6) is 0 Å². The minimum atomic E-state index is -1.35. The summed E-state index contributed by atoms with van der Waals surface area (Å²) in [6.45, 7) is 1.34. The number of imidazole rings is 1. The summed E-state index contributed by atoms with van der Waals surface area (Å²) in [7, 11) is 0. The molecule has 1 aromatic heterocycles. The zero-order chi connectivity index (χ0) is 24.3. The highest BCUT2D eigenvalue weighted by molar-refractivity contribution is 7.98. The molecule has 1 rings (SSSR count). The summed E-state index contributed by atoms with van der Waals surface area (Å²) in [6, 6.07) is -4.78. The van der Waals surface area contributed by atoms with Gasteiger partial charge < -0.3 is 36.9 Å². The first-order chi connectivity index (χ1) is 15.0. The van der Waals surface area contributed by atoms with E-state index in [9.17, 15) is 29.1 Å². The van der Waals surface area contributed by atoms with E-state index in [1.54, 1.807) is 6.26 Å². The molecule has 1 aromatic rings. The fourth-order valence-electron chi connectivity index (χ4n) is 2.55. The number of nitrogens with one attached hydrogen (secondary N) is 4. The molecule has 13 nitrogen and oxygen atoms in total. The molecule has 32 heavy (non-hydrogen) atoms. The molecular weight excluding hydrogens is 444 g/mol. The average molecular weight is 473 g/mol. The standard InChI is InChI=1S/C18H28N6O7S/c1-9(22-16(28)11(19)6-14(25)26)15(27)24-13(5-10-7-20-8-21-10)17(29)23-12(18(30)31)3-4-32-2/h7-9,11-13H,3-6,19H2,1-2H3,(H,20,21)(H,22,28)(H,23,29)(H,24,27)(H,25,26)(H,30,31). The van der Waals surface area contributed by atoms with Gasteiger partial charge in [0.05, 0.1) is 18.8 Å². The SMILES string of the molecule is CSCCC(NC(=O)C(Cc1cnc[nH]1)NC(=O)C(C)NC(=O)C(N)CC(=O)O)C(=O)O. The van der Waals surface area contributed by atoms with Gasteiger partial charge >= 0.3 is 11.9 Å². The zero-order valence-corrected chi connectivity index (χ0v) is 18.5. The Hall–Kier alpha value is -3.13. The summed E-state index contributed by atoms with van der Waals surface area (Å²) < 4.78 is 0. The molecule has 0 saturated carbocycles. The molecule has 0 spiro atoms. The number of hydrogen-bond donors (Lipinski definition) is 7. The molecule has 4 unspecified atom stereocenters. The number of amides is 3. The van der Waals surface area contributed by atoms with Crippen LogP contribution in [-0.4, -0.2) is 86.0 Å². The fourth-order valence-corrected chi connectivity index (χ4v) is 3.03. The maximum atomic E-state index is 12.8. The molecule has 1 heterocycles. The number of carboxylic acids is 2. The first-order valence-corrected chi connectivity index (χ1v) is 11.0. The second kappa shape index (κ2) is 13.3. The molecule has 0 radical (unpaired) electrons. The van der Waals surface area contributed by atoms with E-state index in [4.69, 9.17) is 10.8 Å². The van der Waals surface area contributed by atoms with E-state index in [2.05, 4.69) is 25.9 Å². The number of aromatic amines is 1.